The molecule has 1 atom stereocenters. The van der Waals surface area contributed by atoms with Crippen molar-refractivity contribution in [1.82, 2.24) is 4.90 Å². The van der Waals surface area contributed by atoms with E-state index in [9.17, 15) is 9.59 Å². The van der Waals surface area contributed by atoms with Crippen LogP contribution >= 0.6 is 0 Å². The van der Waals surface area contributed by atoms with Gasteiger partial charge in [-0.25, -0.2) is 0 Å². The van der Waals surface area contributed by atoms with Crippen LogP contribution in [0.15, 0.2) is 42.6 Å². The Balaban J connectivity index is 1.81. The van der Waals surface area contributed by atoms with Crippen molar-refractivity contribution in [2.24, 2.45) is 0 Å². The number of carbonyl (C=O) groups excluding carboxylic acids is 2. The van der Waals surface area contributed by atoms with Crippen LogP contribution < -0.4 is 0 Å². The van der Waals surface area contributed by atoms with E-state index in [-0.39, 0.29) is 30.9 Å². The van der Waals surface area contributed by atoms with Crippen molar-refractivity contribution < 1.29 is 14.3 Å². The van der Waals surface area contributed by atoms with Crippen LogP contribution in [0.2, 0.25) is 0 Å². The fourth-order valence-corrected chi connectivity index (χ4v) is 1.94. The topological polar surface area (TPSA) is 46.6 Å². The van der Waals surface area contributed by atoms with Gasteiger partial charge in [0.1, 0.15) is 13.2 Å². The Bertz CT molecular complexity index is 481. The minimum Gasteiger partial charge on any atom is -0.459 e. The average Bonchev–Trinajstić information content (AvgIpc) is 2.41. The minimum absolute atomic E-state index is 0.0433. The Morgan fingerprint density at radius 2 is 2.11 bits per heavy atom. The maximum absolute atomic E-state index is 11.7. The first-order chi connectivity index (χ1) is 9.15. The molecule has 4 heteroatoms. The van der Waals surface area contributed by atoms with E-state index in [1.807, 2.05) is 42.2 Å². The van der Waals surface area contributed by atoms with Crippen LogP contribution in [0.25, 0.3) is 0 Å². The summed E-state index contributed by atoms with van der Waals surface area (Å²) in [5.74, 6) is -0.184. The van der Waals surface area contributed by atoms with E-state index in [0.717, 1.165) is 5.56 Å². The van der Waals surface area contributed by atoms with Crippen molar-refractivity contribution >= 4 is 11.8 Å². The Hall–Kier alpha value is -2.10. The van der Waals surface area contributed by atoms with Crippen LogP contribution in [0.4, 0.5) is 0 Å². The second kappa shape index (κ2) is 6.18. The molecule has 1 aliphatic heterocycles. The van der Waals surface area contributed by atoms with Crippen LogP contribution in [0.5, 0.6) is 0 Å². The highest BCUT2D eigenvalue weighted by Gasteiger charge is 2.20. The summed E-state index contributed by atoms with van der Waals surface area (Å²) in [5, 5.41) is 0. The number of benzene rings is 1. The van der Waals surface area contributed by atoms with Gasteiger partial charge >= 0.3 is 5.97 Å². The Morgan fingerprint density at radius 3 is 2.79 bits per heavy atom. The summed E-state index contributed by atoms with van der Waals surface area (Å²) in [4.78, 5) is 24.7. The van der Waals surface area contributed by atoms with Gasteiger partial charge in [0.2, 0.25) is 0 Å². The molecule has 1 unspecified atom stereocenters. The minimum atomic E-state index is -0.283. The molecule has 0 saturated heterocycles. The molecule has 0 aliphatic carbocycles. The Labute approximate surface area is 112 Å². The molecule has 2 rings (SSSR count). The van der Waals surface area contributed by atoms with Gasteiger partial charge in [-0.15, -0.1) is 0 Å². The summed E-state index contributed by atoms with van der Waals surface area (Å²) in [7, 11) is 0. The third-order valence-corrected chi connectivity index (χ3v) is 3.07. The highest BCUT2D eigenvalue weighted by atomic mass is 16.5. The van der Waals surface area contributed by atoms with Crippen molar-refractivity contribution in [1.29, 1.82) is 0 Å². The molecule has 4 nitrogen and oxygen atoms in total. The summed E-state index contributed by atoms with van der Waals surface area (Å²) in [5.41, 5.74) is 0.966. The van der Waals surface area contributed by atoms with E-state index in [1.54, 1.807) is 6.20 Å². The first kappa shape index (κ1) is 13.3. The zero-order chi connectivity index (χ0) is 13.7. The summed E-state index contributed by atoms with van der Waals surface area (Å²) in [6, 6.07) is 9.60. The van der Waals surface area contributed by atoms with Crippen molar-refractivity contribution in [3.05, 3.63) is 48.2 Å². The van der Waals surface area contributed by atoms with Crippen molar-refractivity contribution in [2.45, 2.75) is 26.0 Å². The third kappa shape index (κ3) is 3.95. The third-order valence-electron chi connectivity index (χ3n) is 3.07. The molecular formula is C15H17NO3. The zero-order valence-electron chi connectivity index (χ0n) is 10.9. The number of allylic oxidation sites excluding steroid dienone is 1. The number of esters is 1. The van der Waals surface area contributed by atoms with Gasteiger partial charge in [0.25, 0.3) is 0 Å². The highest BCUT2D eigenvalue weighted by Crippen LogP contribution is 2.11. The van der Waals surface area contributed by atoms with Crippen molar-refractivity contribution in [2.75, 3.05) is 6.54 Å². The van der Waals surface area contributed by atoms with Gasteiger partial charge in [0.15, 0.2) is 5.78 Å². The molecule has 0 amide bonds. The predicted octanol–water partition coefficient (Wildman–Crippen LogP) is 1.91. The molecule has 0 aromatic heterocycles. The van der Waals surface area contributed by atoms with Gasteiger partial charge < -0.3 is 9.64 Å². The van der Waals surface area contributed by atoms with Gasteiger partial charge in [0, 0.05) is 18.7 Å². The number of hydrogen-bond acceptors (Lipinski definition) is 4. The molecule has 1 heterocycles. The molecule has 0 radical (unpaired) electrons. The smallest absolute Gasteiger partial charge is 0.325 e. The summed E-state index contributed by atoms with van der Waals surface area (Å²) in [6.07, 6.45) is 3.62. The van der Waals surface area contributed by atoms with Gasteiger partial charge in [-0.2, -0.15) is 0 Å². The average molecular weight is 259 g/mol. The van der Waals surface area contributed by atoms with Gasteiger partial charge in [-0.1, -0.05) is 30.3 Å². The molecule has 1 aliphatic rings. The molecule has 0 saturated carbocycles. The van der Waals surface area contributed by atoms with Crippen LogP contribution in [0.1, 0.15) is 18.9 Å². The van der Waals surface area contributed by atoms with Gasteiger partial charge in [-0.05, 0) is 18.6 Å². The highest BCUT2D eigenvalue weighted by molar-refractivity contribution is 5.91. The molecule has 0 spiro atoms. The molecule has 1 aromatic rings. The van der Waals surface area contributed by atoms with Crippen LogP contribution in [0.3, 0.4) is 0 Å². The molecule has 0 bridgehead atoms. The number of ether oxygens (including phenoxy) is 1. The number of ketones is 1. The zero-order valence-corrected chi connectivity index (χ0v) is 10.9. The van der Waals surface area contributed by atoms with Gasteiger partial charge in [-0.3, -0.25) is 9.59 Å². The normalized spacial score (nSPS) is 18.5. The summed E-state index contributed by atoms with van der Waals surface area (Å²) < 4.78 is 5.21. The maximum Gasteiger partial charge on any atom is 0.325 e. The molecule has 100 valence electrons. The molecule has 19 heavy (non-hydrogen) atoms. The number of nitrogens with zero attached hydrogens (tertiary/aromatic N) is 1. The lowest BCUT2D eigenvalue weighted by Gasteiger charge is -2.28. The number of hydrogen-bond donors (Lipinski definition) is 0. The fourth-order valence-electron chi connectivity index (χ4n) is 1.94. The Kier molecular flexibility index (Phi) is 4.34. The van der Waals surface area contributed by atoms with E-state index in [2.05, 4.69) is 0 Å². The van der Waals surface area contributed by atoms with Gasteiger partial charge in [0.05, 0.1) is 0 Å². The molecule has 0 fully saturated rings. The van der Waals surface area contributed by atoms with Crippen LogP contribution in [-0.2, 0) is 20.9 Å². The first-order valence-electron chi connectivity index (χ1n) is 6.31. The summed E-state index contributed by atoms with van der Waals surface area (Å²) >= 11 is 0. The summed E-state index contributed by atoms with van der Waals surface area (Å²) in [6.45, 7) is 2.38. The maximum atomic E-state index is 11.7. The molecule has 1 aromatic carbocycles. The van der Waals surface area contributed by atoms with Crippen LogP contribution in [0, 0.1) is 0 Å². The Morgan fingerprint density at radius 1 is 1.37 bits per heavy atom. The van der Waals surface area contributed by atoms with Crippen molar-refractivity contribution in [3.8, 4) is 0 Å². The lowest BCUT2D eigenvalue weighted by Crippen LogP contribution is -2.37. The van der Waals surface area contributed by atoms with Crippen molar-refractivity contribution in [3.63, 3.8) is 0 Å². The second-order valence-electron chi connectivity index (χ2n) is 4.65. The number of carbonyl (C=O) groups is 2. The lowest BCUT2D eigenvalue weighted by molar-refractivity contribution is -0.146. The largest absolute Gasteiger partial charge is 0.459 e. The van der Waals surface area contributed by atoms with E-state index in [4.69, 9.17) is 4.74 Å². The van der Waals surface area contributed by atoms with E-state index in [1.165, 1.54) is 6.08 Å². The predicted molar refractivity (Wildman–Crippen MR) is 71.2 cm³/mol. The fraction of sp³-hybridized carbons (Fsp3) is 0.333. The number of rotatable bonds is 4. The standard InChI is InChI=1S/C15H17NO3/c1-12-9-14(17)7-8-16(12)10-15(18)19-11-13-5-3-2-4-6-13/h2-8,12H,9-11H2,1H3. The molecule has 0 N–H and O–H groups in total. The lowest BCUT2D eigenvalue weighted by atomic mass is 10.1. The van der Waals surface area contributed by atoms with Crippen LogP contribution in [-0.4, -0.2) is 29.2 Å². The van der Waals surface area contributed by atoms with E-state index in [0.29, 0.717) is 6.42 Å². The quantitative estimate of drug-likeness (QED) is 0.775. The SMILES string of the molecule is CC1CC(=O)C=CN1CC(=O)OCc1ccccc1. The van der Waals surface area contributed by atoms with E-state index >= 15 is 0 Å². The first-order valence-corrected chi connectivity index (χ1v) is 6.31. The molecular weight excluding hydrogens is 242 g/mol. The van der Waals surface area contributed by atoms with E-state index < -0.39 is 0 Å². The second-order valence-corrected chi connectivity index (χ2v) is 4.65. The monoisotopic (exact) mass is 259 g/mol.